The maximum Gasteiger partial charge on any atom is 0.407 e. The molecule has 0 aliphatic carbocycles. The van der Waals surface area contributed by atoms with Crippen LogP contribution in [0.25, 0.3) is 0 Å². The van der Waals surface area contributed by atoms with E-state index in [0.717, 1.165) is 5.56 Å². The molecule has 3 N–H and O–H groups in total. The first-order chi connectivity index (χ1) is 20.3. The van der Waals surface area contributed by atoms with Crippen molar-refractivity contribution in [1.29, 1.82) is 0 Å². The summed E-state index contributed by atoms with van der Waals surface area (Å²) in [5.41, 5.74) is 1.40. The Morgan fingerprint density at radius 1 is 0.929 bits per heavy atom. The number of esters is 1. The van der Waals surface area contributed by atoms with Crippen LogP contribution in [0.2, 0.25) is 10.0 Å². The molecule has 42 heavy (non-hydrogen) atoms. The van der Waals surface area contributed by atoms with Crippen molar-refractivity contribution in [2.75, 3.05) is 31.7 Å². The molecule has 1 heterocycles. The fourth-order valence-corrected chi connectivity index (χ4v) is 4.39. The van der Waals surface area contributed by atoms with Gasteiger partial charge in [-0.15, -0.1) is 0 Å². The lowest BCUT2D eigenvalue weighted by molar-refractivity contribution is -0.143. The molecule has 2 aromatic carbocycles. The van der Waals surface area contributed by atoms with E-state index in [9.17, 15) is 14.4 Å². The summed E-state index contributed by atoms with van der Waals surface area (Å²) in [6.45, 7) is 2.57. The maximum atomic E-state index is 13.5. The number of rotatable bonds is 16. The molecule has 0 spiro atoms. The molecule has 0 fully saturated rings. The Morgan fingerprint density at radius 2 is 1.67 bits per heavy atom. The van der Waals surface area contributed by atoms with E-state index in [4.69, 9.17) is 37.4 Å². The molecule has 12 heteroatoms. The van der Waals surface area contributed by atoms with E-state index >= 15 is 0 Å². The van der Waals surface area contributed by atoms with E-state index in [1.807, 2.05) is 48.5 Å². The van der Waals surface area contributed by atoms with Crippen LogP contribution in [0.3, 0.4) is 0 Å². The van der Waals surface area contributed by atoms with Crippen molar-refractivity contribution in [1.82, 2.24) is 15.6 Å². The number of anilines is 1. The number of carbonyl (C=O) groups is 3. The van der Waals surface area contributed by atoms with E-state index in [-0.39, 0.29) is 32.8 Å². The highest BCUT2D eigenvalue weighted by atomic mass is 35.5. The molecule has 0 saturated heterocycles. The van der Waals surface area contributed by atoms with Crippen molar-refractivity contribution in [3.8, 4) is 0 Å². The maximum absolute atomic E-state index is 13.5. The average Bonchev–Trinajstić information content (AvgIpc) is 2.97. The standard InChI is InChI=1S/C30H34Cl2N4O6/c1-2-41-28(37)18-25(22-15-23(31)17-24(32)16-22)35-29(38)26(20-40-19-21-9-4-3-5-10-21)36-30(39)42-14-8-13-34-27-11-6-7-12-33-27/h3-7,9-12,15-17,25-26H,2,8,13-14,18-20H2,1H3,(H,33,34)(H,35,38)(H,36,39). The van der Waals surface area contributed by atoms with E-state index in [2.05, 4.69) is 20.9 Å². The molecular formula is C30H34Cl2N4O6. The first-order valence-electron chi connectivity index (χ1n) is 13.5. The Balaban J connectivity index is 1.64. The van der Waals surface area contributed by atoms with E-state index < -0.39 is 30.1 Å². The highest BCUT2D eigenvalue weighted by Gasteiger charge is 2.27. The normalized spacial score (nSPS) is 12.1. The fraction of sp³-hybridized carbons (Fsp3) is 0.333. The zero-order valence-corrected chi connectivity index (χ0v) is 24.7. The third kappa shape index (κ3) is 11.9. The van der Waals surface area contributed by atoms with Gasteiger partial charge in [0.15, 0.2) is 0 Å². The Kier molecular flexibility index (Phi) is 13.9. The van der Waals surface area contributed by atoms with Crippen molar-refractivity contribution < 1.29 is 28.6 Å². The number of alkyl carbamates (subject to hydrolysis) is 1. The number of hydrogen-bond acceptors (Lipinski definition) is 8. The molecule has 10 nitrogen and oxygen atoms in total. The number of ether oxygens (including phenoxy) is 3. The lowest BCUT2D eigenvalue weighted by atomic mass is 10.0. The Labute approximate surface area is 255 Å². The minimum Gasteiger partial charge on any atom is -0.466 e. The second kappa shape index (κ2) is 17.8. The fourth-order valence-electron chi connectivity index (χ4n) is 3.84. The van der Waals surface area contributed by atoms with Gasteiger partial charge in [-0.05, 0) is 54.8 Å². The molecule has 0 aliphatic rings. The molecule has 0 saturated carbocycles. The summed E-state index contributed by atoms with van der Waals surface area (Å²) >= 11 is 12.4. The highest BCUT2D eigenvalue weighted by molar-refractivity contribution is 6.34. The molecule has 3 rings (SSSR count). The number of halogens is 2. The molecule has 0 radical (unpaired) electrons. The number of pyridine rings is 1. The highest BCUT2D eigenvalue weighted by Crippen LogP contribution is 2.26. The predicted octanol–water partition coefficient (Wildman–Crippen LogP) is 5.31. The van der Waals surface area contributed by atoms with Crippen LogP contribution in [0, 0.1) is 0 Å². The van der Waals surface area contributed by atoms with Gasteiger partial charge < -0.3 is 30.2 Å². The minimum atomic E-state index is -1.13. The molecule has 2 atom stereocenters. The van der Waals surface area contributed by atoms with E-state index in [1.165, 1.54) is 0 Å². The van der Waals surface area contributed by atoms with Crippen LogP contribution in [0.1, 0.15) is 36.9 Å². The quantitative estimate of drug-likeness (QED) is 0.146. The summed E-state index contributed by atoms with van der Waals surface area (Å²) < 4.78 is 16.1. The van der Waals surface area contributed by atoms with Gasteiger partial charge in [0.2, 0.25) is 5.91 Å². The van der Waals surface area contributed by atoms with Crippen molar-refractivity contribution in [2.45, 2.75) is 38.5 Å². The summed E-state index contributed by atoms with van der Waals surface area (Å²) in [6.07, 6.45) is 1.23. The van der Waals surface area contributed by atoms with Crippen LogP contribution in [0.5, 0.6) is 0 Å². The monoisotopic (exact) mass is 616 g/mol. The summed E-state index contributed by atoms with van der Waals surface area (Å²) in [7, 11) is 0. The van der Waals surface area contributed by atoms with Gasteiger partial charge >= 0.3 is 12.1 Å². The minimum absolute atomic E-state index is 0.109. The van der Waals surface area contributed by atoms with Crippen LogP contribution < -0.4 is 16.0 Å². The third-order valence-electron chi connectivity index (χ3n) is 5.81. The summed E-state index contributed by atoms with van der Waals surface area (Å²) in [4.78, 5) is 42.6. The largest absolute Gasteiger partial charge is 0.466 e. The molecule has 224 valence electrons. The molecule has 0 bridgehead atoms. The lowest BCUT2D eigenvalue weighted by Gasteiger charge is -2.24. The number of carbonyl (C=O) groups excluding carboxylic acids is 3. The van der Waals surface area contributed by atoms with Crippen LogP contribution in [-0.4, -0.2) is 55.4 Å². The summed E-state index contributed by atoms with van der Waals surface area (Å²) in [6, 6.07) is 17.7. The van der Waals surface area contributed by atoms with Gasteiger partial charge in [-0.1, -0.05) is 59.6 Å². The predicted molar refractivity (Wildman–Crippen MR) is 160 cm³/mol. The zero-order chi connectivity index (χ0) is 30.2. The van der Waals surface area contributed by atoms with Crippen LogP contribution in [0.4, 0.5) is 10.6 Å². The van der Waals surface area contributed by atoms with E-state index in [0.29, 0.717) is 34.4 Å². The lowest BCUT2D eigenvalue weighted by Crippen LogP contribution is -2.50. The molecule has 0 aliphatic heterocycles. The molecule has 2 unspecified atom stereocenters. The first-order valence-corrected chi connectivity index (χ1v) is 14.2. The van der Waals surface area contributed by atoms with Crippen LogP contribution in [0.15, 0.2) is 72.9 Å². The summed E-state index contributed by atoms with van der Waals surface area (Å²) in [5, 5.41) is 9.17. The Morgan fingerprint density at radius 3 is 2.36 bits per heavy atom. The molecule has 3 aromatic rings. The number of nitrogens with one attached hydrogen (secondary N) is 3. The number of aromatic nitrogens is 1. The van der Waals surface area contributed by atoms with Gasteiger partial charge in [0.25, 0.3) is 0 Å². The second-order valence-electron chi connectivity index (χ2n) is 9.10. The number of nitrogens with zero attached hydrogens (tertiary/aromatic N) is 1. The van der Waals surface area contributed by atoms with Gasteiger partial charge in [-0.25, -0.2) is 9.78 Å². The van der Waals surface area contributed by atoms with Crippen LogP contribution >= 0.6 is 23.2 Å². The SMILES string of the molecule is CCOC(=O)CC(NC(=O)C(COCc1ccccc1)NC(=O)OCCCNc1ccccn1)c1cc(Cl)cc(Cl)c1. The molecule has 2 amide bonds. The second-order valence-corrected chi connectivity index (χ2v) is 9.97. The van der Waals surface area contributed by atoms with Gasteiger partial charge in [0.05, 0.1) is 38.9 Å². The first kappa shape index (κ1) is 32.7. The topological polar surface area (TPSA) is 128 Å². The Hall–Kier alpha value is -3.86. The van der Waals surface area contributed by atoms with Gasteiger partial charge in [-0.2, -0.15) is 0 Å². The van der Waals surface area contributed by atoms with Gasteiger partial charge in [0.1, 0.15) is 11.9 Å². The van der Waals surface area contributed by atoms with Crippen molar-refractivity contribution in [3.05, 3.63) is 94.1 Å². The average molecular weight is 618 g/mol. The third-order valence-corrected chi connectivity index (χ3v) is 6.25. The van der Waals surface area contributed by atoms with Gasteiger partial charge in [-0.3, -0.25) is 9.59 Å². The van der Waals surface area contributed by atoms with Crippen molar-refractivity contribution in [3.63, 3.8) is 0 Å². The van der Waals surface area contributed by atoms with Crippen molar-refractivity contribution in [2.24, 2.45) is 0 Å². The number of benzene rings is 2. The van der Waals surface area contributed by atoms with E-state index in [1.54, 1.807) is 31.3 Å². The van der Waals surface area contributed by atoms with Gasteiger partial charge in [0, 0.05) is 22.8 Å². The number of hydrogen-bond donors (Lipinski definition) is 3. The Bertz CT molecular complexity index is 1260. The summed E-state index contributed by atoms with van der Waals surface area (Å²) in [5.74, 6) is -0.405. The van der Waals surface area contributed by atoms with Crippen molar-refractivity contribution >= 4 is 47.0 Å². The zero-order valence-electron chi connectivity index (χ0n) is 23.2. The smallest absolute Gasteiger partial charge is 0.407 e. The molecule has 1 aromatic heterocycles. The molecular weight excluding hydrogens is 583 g/mol. The number of amides is 2. The van der Waals surface area contributed by atoms with Crippen LogP contribution in [-0.2, 0) is 30.4 Å².